The maximum atomic E-state index is 12.4. The Morgan fingerprint density at radius 1 is 1.00 bits per heavy atom. The molecule has 3 aromatic rings. The average molecular weight is 392 g/mol. The Balaban J connectivity index is 1.67. The highest BCUT2D eigenvalue weighted by molar-refractivity contribution is 5.91. The molecule has 1 heterocycles. The van der Waals surface area contributed by atoms with Crippen LogP contribution in [0, 0.1) is 27.7 Å². The molecule has 1 aromatic heterocycles. The van der Waals surface area contributed by atoms with Crippen molar-refractivity contribution in [3.8, 4) is 5.75 Å². The average Bonchev–Trinajstić information content (AvgIpc) is 3.10. The van der Waals surface area contributed by atoms with Crippen LogP contribution in [0.3, 0.4) is 0 Å². The number of amides is 2. The third-order valence-corrected chi connectivity index (χ3v) is 5.13. The molecule has 0 unspecified atom stereocenters. The summed E-state index contributed by atoms with van der Waals surface area (Å²) in [5, 5.41) is 5.82. The Morgan fingerprint density at radius 3 is 2.41 bits per heavy atom. The number of urea groups is 1. The van der Waals surface area contributed by atoms with E-state index in [2.05, 4.69) is 54.3 Å². The minimum Gasteiger partial charge on any atom is -0.495 e. The van der Waals surface area contributed by atoms with Gasteiger partial charge in [-0.15, -0.1) is 0 Å². The van der Waals surface area contributed by atoms with Crippen molar-refractivity contribution in [3.05, 3.63) is 82.2 Å². The third kappa shape index (κ3) is 4.99. The van der Waals surface area contributed by atoms with Gasteiger partial charge in [0.15, 0.2) is 0 Å². The van der Waals surface area contributed by atoms with Crippen molar-refractivity contribution in [2.45, 2.75) is 40.8 Å². The van der Waals surface area contributed by atoms with Crippen LogP contribution in [0.1, 0.15) is 33.5 Å². The lowest BCUT2D eigenvalue weighted by atomic mass is 10.00. The van der Waals surface area contributed by atoms with Crippen LogP contribution in [-0.2, 0) is 13.1 Å². The molecular formula is C24H29N3O2. The van der Waals surface area contributed by atoms with E-state index in [4.69, 9.17) is 4.74 Å². The van der Waals surface area contributed by atoms with Crippen molar-refractivity contribution in [2.24, 2.45) is 0 Å². The molecule has 0 aliphatic heterocycles. The zero-order valence-electron chi connectivity index (χ0n) is 17.8. The molecule has 0 aliphatic rings. The largest absolute Gasteiger partial charge is 0.495 e. The van der Waals surface area contributed by atoms with E-state index < -0.39 is 0 Å². The van der Waals surface area contributed by atoms with E-state index in [-0.39, 0.29) is 6.03 Å². The van der Waals surface area contributed by atoms with Crippen LogP contribution in [-0.4, -0.2) is 17.7 Å². The van der Waals surface area contributed by atoms with Crippen LogP contribution in [0.4, 0.5) is 10.5 Å². The molecule has 29 heavy (non-hydrogen) atoms. The molecule has 0 atom stereocenters. The standard InChI is InChI=1S/C24H29N3O2/c1-16-8-9-23(29-5)22(13-16)26-24(28)25-14-20-7-6-10-27(20)15-21-18(3)11-17(2)12-19(21)4/h6-13H,14-15H2,1-5H3,(H2,25,26,28). The van der Waals surface area contributed by atoms with E-state index >= 15 is 0 Å². The zero-order valence-corrected chi connectivity index (χ0v) is 17.8. The molecule has 3 rings (SSSR count). The quantitative estimate of drug-likeness (QED) is 0.614. The van der Waals surface area contributed by atoms with Gasteiger partial charge >= 0.3 is 6.03 Å². The SMILES string of the molecule is COc1ccc(C)cc1NC(=O)NCc1cccn1Cc1c(C)cc(C)cc1C. The summed E-state index contributed by atoms with van der Waals surface area (Å²) < 4.78 is 7.50. The number of aryl methyl sites for hydroxylation is 4. The predicted molar refractivity (Wildman–Crippen MR) is 118 cm³/mol. The lowest BCUT2D eigenvalue weighted by Gasteiger charge is -2.16. The predicted octanol–water partition coefficient (Wildman–Crippen LogP) is 5.10. The van der Waals surface area contributed by atoms with E-state index in [1.807, 2.05) is 37.3 Å². The highest BCUT2D eigenvalue weighted by atomic mass is 16.5. The van der Waals surface area contributed by atoms with Gasteiger partial charge in [0.25, 0.3) is 0 Å². The summed E-state index contributed by atoms with van der Waals surface area (Å²) in [4.78, 5) is 12.4. The number of anilines is 1. The first-order valence-electron chi connectivity index (χ1n) is 9.77. The van der Waals surface area contributed by atoms with Gasteiger partial charge in [0.1, 0.15) is 5.75 Å². The lowest BCUT2D eigenvalue weighted by Crippen LogP contribution is -2.29. The molecular weight excluding hydrogens is 362 g/mol. The van der Waals surface area contributed by atoms with Crippen LogP contribution >= 0.6 is 0 Å². The first-order valence-corrected chi connectivity index (χ1v) is 9.77. The number of nitrogens with zero attached hydrogens (tertiary/aromatic N) is 1. The van der Waals surface area contributed by atoms with Gasteiger partial charge in [-0.2, -0.15) is 0 Å². The highest BCUT2D eigenvalue weighted by Crippen LogP contribution is 2.25. The van der Waals surface area contributed by atoms with E-state index in [1.54, 1.807) is 7.11 Å². The summed E-state index contributed by atoms with van der Waals surface area (Å²) in [6.45, 7) is 9.63. The number of ether oxygens (including phenoxy) is 1. The topological polar surface area (TPSA) is 55.3 Å². The van der Waals surface area contributed by atoms with Crippen molar-refractivity contribution >= 4 is 11.7 Å². The Labute approximate surface area is 172 Å². The Morgan fingerprint density at radius 2 is 1.72 bits per heavy atom. The fourth-order valence-corrected chi connectivity index (χ4v) is 3.65. The number of nitrogens with one attached hydrogen (secondary N) is 2. The van der Waals surface area contributed by atoms with Gasteiger partial charge < -0.3 is 19.9 Å². The van der Waals surface area contributed by atoms with Crippen LogP contribution < -0.4 is 15.4 Å². The van der Waals surface area contributed by atoms with Crippen molar-refractivity contribution in [1.29, 1.82) is 0 Å². The van der Waals surface area contributed by atoms with Gasteiger partial charge in [-0.05, 0) is 74.2 Å². The number of hydrogen-bond donors (Lipinski definition) is 2. The van der Waals surface area contributed by atoms with Crippen LogP contribution in [0.2, 0.25) is 0 Å². The molecule has 0 fully saturated rings. The van der Waals surface area contributed by atoms with Gasteiger partial charge in [0.2, 0.25) is 0 Å². The number of aromatic nitrogens is 1. The lowest BCUT2D eigenvalue weighted by molar-refractivity contribution is 0.251. The monoisotopic (exact) mass is 391 g/mol. The normalized spacial score (nSPS) is 10.7. The van der Waals surface area contributed by atoms with E-state index in [0.29, 0.717) is 18.0 Å². The Bertz CT molecular complexity index is 998. The van der Waals surface area contributed by atoms with Gasteiger partial charge in [0, 0.05) is 18.4 Å². The summed E-state index contributed by atoms with van der Waals surface area (Å²) in [6, 6.07) is 13.9. The minimum atomic E-state index is -0.260. The van der Waals surface area contributed by atoms with Crippen molar-refractivity contribution < 1.29 is 9.53 Å². The zero-order chi connectivity index (χ0) is 21.0. The summed E-state index contributed by atoms with van der Waals surface area (Å²) in [5.74, 6) is 0.638. The van der Waals surface area contributed by atoms with E-state index in [9.17, 15) is 4.79 Å². The van der Waals surface area contributed by atoms with Crippen molar-refractivity contribution in [2.75, 3.05) is 12.4 Å². The van der Waals surface area contributed by atoms with Crippen molar-refractivity contribution in [3.63, 3.8) is 0 Å². The molecule has 2 N–H and O–H groups in total. The molecule has 0 aliphatic carbocycles. The first kappa shape index (κ1) is 20.5. The van der Waals surface area contributed by atoms with E-state index in [1.165, 1.54) is 22.3 Å². The first-order chi connectivity index (χ1) is 13.9. The van der Waals surface area contributed by atoms with Crippen LogP contribution in [0.5, 0.6) is 5.75 Å². The van der Waals surface area contributed by atoms with E-state index in [0.717, 1.165) is 17.8 Å². The third-order valence-electron chi connectivity index (χ3n) is 5.13. The van der Waals surface area contributed by atoms with Gasteiger partial charge in [-0.3, -0.25) is 0 Å². The second kappa shape index (κ2) is 8.86. The maximum absolute atomic E-state index is 12.4. The molecule has 2 amide bonds. The molecule has 0 bridgehead atoms. The molecule has 0 saturated carbocycles. The number of hydrogen-bond acceptors (Lipinski definition) is 2. The summed E-state index contributed by atoms with van der Waals surface area (Å²) >= 11 is 0. The number of carbonyl (C=O) groups excluding carboxylic acids is 1. The van der Waals surface area contributed by atoms with Crippen LogP contribution in [0.25, 0.3) is 0 Å². The highest BCUT2D eigenvalue weighted by Gasteiger charge is 2.10. The van der Waals surface area contributed by atoms with Crippen LogP contribution in [0.15, 0.2) is 48.7 Å². The van der Waals surface area contributed by atoms with Gasteiger partial charge in [0.05, 0.1) is 19.3 Å². The smallest absolute Gasteiger partial charge is 0.319 e. The Kier molecular flexibility index (Phi) is 6.27. The molecule has 2 aromatic carbocycles. The second-order valence-electron chi connectivity index (χ2n) is 7.52. The Hall–Kier alpha value is -3.21. The molecule has 5 heteroatoms. The number of rotatable bonds is 6. The number of carbonyl (C=O) groups is 1. The fraction of sp³-hybridized carbons (Fsp3) is 0.292. The molecule has 152 valence electrons. The summed E-state index contributed by atoms with van der Waals surface area (Å²) in [7, 11) is 1.59. The number of methoxy groups -OCH3 is 1. The molecule has 0 saturated heterocycles. The molecule has 0 radical (unpaired) electrons. The van der Waals surface area contributed by atoms with Gasteiger partial charge in [-0.25, -0.2) is 4.79 Å². The second-order valence-corrected chi connectivity index (χ2v) is 7.52. The van der Waals surface area contributed by atoms with Gasteiger partial charge in [-0.1, -0.05) is 23.8 Å². The summed E-state index contributed by atoms with van der Waals surface area (Å²) in [5.41, 5.74) is 7.95. The molecule has 0 spiro atoms. The minimum absolute atomic E-state index is 0.260. The maximum Gasteiger partial charge on any atom is 0.319 e. The number of benzene rings is 2. The molecule has 5 nitrogen and oxygen atoms in total. The summed E-state index contributed by atoms with van der Waals surface area (Å²) in [6.07, 6.45) is 2.05. The van der Waals surface area contributed by atoms with Crippen molar-refractivity contribution in [1.82, 2.24) is 9.88 Å². The fourth-order valence-electron chi connectivity index (χ4n) is 3.65.